The van der Waals surface area contributed by atoms with Gasteiger partial charge in [0.1, 0.15) is 0 Å². The molecule has 0 aliphatic heterocycles. The van der Waals surface area contributed by atoms with Gasteiger partial charge in [0, 0.05) is 11.6 Å². The lowest BCUT2D eigenvalue weighted by Gasteiger charge is -2.20. The summed E-state index contributed by atoms with van der Waals surface area (Å²) in [5.41, 5.74) is 7.73. The Morgan fingerprint density at radius 3 is 2.45 bits per heavy atom. The van der Waals surface area contributed by atoms with Crippen LogP contribution in [0.4, 0.5) is 5.69 Å². The molecule has 1 amide bonds. The minimum absolute atomic E-state index is 0.195. The first-order chi connectivity index (χ1) is 9.79. The summed E-state index contributed by atoms with van der Waals surface area (Å²) in [5, 5.41) is 3.05. The molecule has 3 N–H and O–H groups in total. The zero-order chi connectivity index (χ0) is 14.2. The normalized spacial score (nSPS) is 16.1. The maximum atomic E-state index is 12.1. The first kappa shape index (κ1) is 15.0. The second kappa shape index (κ2) is 8.05. The van der Waals surface area contributed by atoms with E-state index in [9.17, 15) is 4.79 Å². The van der Waals surface area contributed by atoms with E-state index in [1.54, 1.807) is 0 Å². The maximum absolute atomic E-state index is 12.1. The minimum Gasteiger partial charge on any atom is -0.330 e. The summed E-state index contributed by atoms with van der Waals surface area (Å²) < 4.78 is 0. The molecule has 1 aliphatic rings. The van der Waals surface area contributed by atoms with Crippen molar-refractivity contribution in [2.75, 3.05) is 11.9 Å². The van der Waals surface area contributed by atoms with Gasteiger partial charge in [0.2, 0.25) is 5.91 Å². The molecule has 0 saturated heterocycles. The van der Waals surface area contributed by atoms with Crippen molar-refractivity contribution < 1.29 is 4.79 Å². The summed E-state index contributed by atoms with van der Waals surface area (Å²) in [6, 6.07) is 8.23. The Balaban J connectivity index is 1.81. The third kappa shape index (κ3) is 4.64. The Kier molecular flexibility index (Phi) is 6.06. The van der Waals surface area contributed by atoms with Crippen LogP contribution in [0, 0.1) is 5.92 Å². The molecule has 110 valence electrons. The van der Waals surface area contributed by atoms with Crippen molar-refractivity contribution in [3.8, 4) is 0 Å². The monoisotopic (exact) mass is 274 g/mol. The number of benzene rings is 1. The van der Waals surface area contributed by atoms with E-state index in [0.29, 0.717) is 0 Å². The Morgan fingerprint density at radius 2 is 1.80 bits per heavy atom. The third-order valence-electron chi connectivity index (χ3n) is 4.12. The van der Waals surface area contributed by atoms with E-state index in [-0.39, 0.29) is 11.8 Å². The van der Waals surface area contributed by atoms with Crippen molar-refractivity contribution >= 4 is 11.6 Å². The number of hydrogen-bond acceptors (Lipinski definition) is 2. The summed E-state index contributed by atoms with van der Waals surface area (Å²) in [5.74, 6) is 0.411. The van der Waals surface area contributed by atoms with Crippen LogP contribution in [0.1, 0.15) is 50.5 Å². The van der Waals surface area contributed by atoms with Gasteiger partial charge < -0.3 is 11.1 Å². The quantitative estimate of drug-likeness (QED) is 0.780. The average molecular weight is 274 g/mol. The number of nitrogens with two attached hydrogens (primary N) is 1. The molecular formula is C17H26N2O. The topological polar surface area (TPSA) is 55.1 Å². The molecule has 1 aliphatic carbocycles. The van der Waals surface area contributed by atoms with Gasteiger partial charge in [0.05, 0.1) is 0 Å². The predicted molar refractivity (Wildman–Crippen MR) is 83.6 cm³/mol. The lowest BCUT2D eigenvalue weighted by atomic mass is 9.88. The molecule has 1 fully saturated rings. The van der Waals surface area contributed by atoms with Gasteiger partial charge in [-0.15, -0.1) is 0 Å². The number of carbonyl (C=O) groups excluding carboxylic acids is 1. The molecular weight excluding hydrogens is 248 g/mol. The van der Waals surface area contributed by atoms with Gasteiger partial charge in [-0.2, -0.15) is 0 Å². The molecule has 0 atom stereocenters. The van der Waals surface area contributed by atoms with Crippen molar-refractivity contribution in [3.63, 3.8) is 0 Å². The second-order valence-electron chi connectivity index (χ2n) is 5.77. The SMILES string of the molecule is NCCCCc1ccc(NC(=O)C2CCCCC2)cc1. The highest BCUT2D eigenvalue weighted by atomic mass is 16.1. The fourth-order valence-electron chi connectivity index (χ4n) is 2.84. The predicted octanol–water partition coefficient (Wildman–Crippen LogP) is 3.49. The van der Waals surface area contributed by atoms with Gasteiger partial charge >= 0.3 is 0 Å². The van der Waals surface area contributed by atoms with E-state index < -0.39 is 0 Å². The van der Waals surface area contributed by atoms with Gasteiger partial charge in [-0.1, -0.05) is 31.4 Å². The van der Waals surface area contributed by atoms with Crippen LogP contribution in [-0.4, -0.2) is 12.5 Å². The average Bonchev–Trinajstić information content (AvgIpc) is 2.50. The number of carbonyl (C=O) groups is 1. The molecule has 1 saturated carbocycles. The number of hydrogen-bond donors (Lipinski definition) is 2. The van der Waals surface area contributed by atoms with Crippen LogP contribution in [0.5, 0.6) is 0 Å². The molecule has 1 aromatic rings. The number of aryl methyl sites for hydroxylation is 1. The van der Waals surface area contributed by atoms with Gasteiger partial charge in [0.15, 0.2) is 0 Å². The Hall–Kier alpha value is -1.35. The van der Waals surface area contributed by atoms with Crippen LogP contribution in [-0.2, 0) is 11.2 Å². The van der Waals surface area contributed by atoms with Crippen LogP contribution < -0.4 is 11.1 Å². The van der Waals surface area contributed by atoms with Crippen molar-refractivity contribution in [1.29, 1.82) is 0 Å². The van der Waals surface area contributed by atoms with Crippen LogP contribution in [0.2, 0.25) is 0 Å². The van der Waals surface area contributed by atoms with Crippen LogP contribution in [0.25, 0.3) is 0 Å². The number of anilines is 1. The largest absolute Gasteiger partial charge is 0.330 e. The van der Waals surface area contributed by atoms with Crippen LogP contribution >= 0.6 is 0 Å². The van der Waals surface area contributed by atoms with Gasteiger partial charge in [-0.3, -0.25) is 4.79 Å². The molecule has 0 unspecified atom stereocenters. The van der Waals surface area contributed by atoms with E-state index >= 15 is 0 Å². The fourth-order valence-corrected chi connectivity index (χ4v) is 2.84. The zero-order valence-electron chi connectivity index (χ0n) is 12.2. The van der Waals surface area contributed by atoms with Gasteiger partial charge in [-0.25, -0.2) is 0 Å². The van der Waals surface area contributed by atoms with Crippen molar-refractivity contribution in [1.82, 2.24) is 0 Å². The first-order valence-electron chi connectivity index (χ1n) is 7.89. The molecule has 2 rings (SSSR count). The van der Waals surface area contributed by atoms with Gasteiger partial charge in [0.25, 0.3) is 0 Å². The smallest absolute Gasteiger partial charge is 0.227 e. The van der Waals surface area contributed by atoms with Crippen molar-refractivity contribution in [2.45, 2.75) is 51.4 Å². The van der Waals surface area contributed by atoms with Crippen molar-refractivity contribution in [2.24, 2.45) is 11.7 Å². The van der Waals surface area contributed by atoms with Crippen LogP contribution in [0.3, 0.4) is 0 Å². The lowest BCUT2D eigenvalue weighted by Crippen LogP contribution is -2.24. The Labute approximate surface area is 121 Å². The van der Waals surface area contributed by atoms with E-state index in [0.717, 1.165) is 44.3 Å². The highest BCUT2D eigenvalue weighted by molar-refractivity contribution is 5.92. The van der Waals surface area contributed by atoms with E-state index in [2.05, 4.69) is 17.4 Å². The summed E-state index contributed by atoms with van der Waals surface area (Å²) in [6.45, 7) is 0.759. The Bertz CT molecular complexity index is 408. The molecule has 0 bridgehead atoms. The third-order valence-corrected chi connectivity index (χ3v) is 4.12. The van der Waals surface area contributed by atoms with Crippen molar-refractivity contribution in [3.05, 3.63) is 29.8 Å². The number of nitrogens with one attached hydrogen (secondary N) is 1. The van der Waals surface area contributed by atoms with E-state index in [4.69, 9.17) is 5.73 Å². The highest BCUT2D eigenvalue weighted by Gasteiger charge is 2.20. The summed E-state index contributed by atoms with van der Waals surface area (Å²) >= 11 is 0. The fraction of sp³-hybridized carbons (Fsp3) is 0.588. The molecule has 1 aromatic carbocycles. The lowest BCUT2D eigenvalue weighted by molar-refractivity contribution is -0.120. The van der Waals surface area contributed by atoms with E-state index in [1.165, 1.54) is 24.8 Å². The molecule has 0 aromatic heterocycles. The second-order valence-corrected chi connectivity index (χ2v) is 5.77. The molecule has 3 nitrogen and oxygen atoms in total. The Morgan fingerprint density at radius 1 is 1.10 bits per heavy atom. The summed E-state index contributed by atoms with van der Waals surface area (Å²) in [6.07, 6.45) is 9.02. The molecule has 3 heteroatoms. The number of amides is 1. The highest BCUT2D eigenvalue weighted by Crippen LogP contribution is 2.25. The van der Waals surface area contributed by atoms with Crippen LogP contribution in [0.15, 0.2) is 24.3 Å². The number of unbranched alkanes of at least 4 members (excludes halogenated alkanes) is 1. The molecule has 20 heavy (non-hydrogen) atoms. The minimum atomic E-state index is 0.195. The molecule has 0 heterocycles. The number of rotatable bonds is 6. The standard InChI is InChI=1S/C17H26N2O/c18-13-5-4-6-14-9-11-16(12-10-14)19-17(20)15-7-2-1-3-8-15/h9-12,15H,1-8,13,18H2,(H,19,20). The molecule has 0 spiro atoms. The molecule has 0 radical (unpaired) electrons. The van der Waals surface area contributed by atoms with E-state index in [1.807, 2.05) is 12.1 Å². The maximum Gasteiger partial charge on any atom is 0.227 e. The van der Waals surface area contributed by atoms with Gasteiger partial charge in [-0.05, 0) is 56.3 Å². The summed E-state index contributed by atoms with van der Waals surface area (Å²) in [7, 11) is 0. The zero-order valence-corrected chi connectivity index (χ0v) is 12.2. The first-order valence-corrected chi connectivity index (χ1v) is 7.89. The summed E-state index contributed by atoms with van der Waals surface area (Å²) in [4.78, 5) is 12.1.